The fourth-order valence-electron chi connectivity index (χ4n) is 3.11. The van der Waals surface area contributed by atoms with E-state index in [0.717, 1.165) is 32.5 Å². The van der Waals surface area contributed by atoms with Crippen molar-refractivity contribution in [1.82, 2.24) is 10.6 Å². The van der Waals surface area contributed by atoms with Crippen molar-refractivity contribution >= 4 is 17.5 Å². The Labute approximate surface area is 141 Å². The maximum Gasteiger partial charge on any atom is 0.264 e. The van der Waals surface area contributed by atoms with Gasteiger partial charge in [0.05, 0.1) is 6.10 Å². The summed E-state index contributed by atoms with van der Waals surface area (Å²) < 4.78 is 11.7. The van der Waals surface area contributed by atoms with Crippen LogP contribution in [0.1, 0.15) is 25.7 Å². The van der Waals surface area contributed by atoms with Gasteiger partial charge in [0, 0.05) is 31.0 Å². The molecule has 2 aliphatic heterocycles. The molecule has 0 spiro atoms. The molecule has 0 unspecified atom stereocenters. The lowest BCUT2D eigenvalue weighted by atomic mass is 9.90. The summed E-state index contributed by atoms with van der Waals surface area (Å²) in [5, 5.41) is 6.96. The van der Waals surface area contributed by atoms with Crippen molar-refractivity contribution in [2.24, 2.45) is 0 Å². The minimum absolute atomic E-state index is 0.0514. The van der Waals surface area contributed by atoms with Gasteiger partial charge in [0.25, 0.3) is 5.91 Å². The maximum absolute atomic E-state index is 12.8. The van der Waals surface area contributed by atoms with E-state index in [4.69, 9.17) is 21.1 Å². The van der Waals surface area contributed by atoms with Gasteiger partial charge >= 0.3 is 0 Å². The molecular weight excluding hydrogens is 316 g/mol. The van der Waals surface area contributed by atoms with Gasteiger partial charge in [0.15, 0.2) is 5.60 Å². The molecule has 3 rings (SSSR count). The summed E-state index contributed by atoms with van der Waals surface area (Å²) in [6.07, 6.45) is 3.50. The fraction of sp³-hybridized carbons (Fsp3) is 0.588. The van der Waals surface area contributed by atoms with E-state index < -0.39 is 5.60 Å². The highest BCUT2D eigenvalue weighted by molar-refractivity contribution is 6.30. The molecule has 1 atom stereocenters. The Balaban J connectivity index is 1.67. The first-order chi connectivity index (χ1) is 11.2. The van der Waals surface area contributed by atoms with Crippen LogP contribution in [0, 0.1) is 0 Å². The summed E-state index contributed by atoms with van der Waals surface area (Å²) in [5.74, 6) is 0.619. The SMILES string of the molecule is O=C(NC[C@H]1CCCO1)C1(Oc2ccc(Cl)cc2)CCNCC1. The zero-order valence-electron chi connectivity index (χ0n) is 13.1. The van der Waals surface area contributed by atoms with Crippen LogP contribution >= 0.6 is 11.6 Å². The molecule has 2 fully saturated rings. The largest absolute Gasteiger partial charge is 0.477 e. The average molecular weight is 339 g/mol. The number of carbonyl (C=O) groups excluding carboxylic acids is 1. The van der Waals surface area contributed by atoms with Gasteiger partial charge in [0.2, 0.25) is 0 Å². The Morgan fingerprint density at radius 1 is 1.35 bits per heavy atom. The Morgan fingerprint density at radius 3 is 2.74 bits per heavy atom. The number of nitrogens with one attached hydrogen (secondary N) is 2. The highest BCUT2D eigenvalue weighted by atomic mass is 35.5. The number of amides is 1. The topological polar surface area (TPSA) is 59.6 Å². The Morgan fingerprint density at radius 2 is 2.09 bits per heavy atom. The van der Waals surface area contributed by atoms with E-state index in [1.54, 1.807) is 24.3 Å². The molecule has 2 heterocycles. The second-order valence-electron chi connectivity index (χ2n) is 6.15. The summed E-state index contributed by atoms with van der Waals surface area (Å²) in [6.45, 7) is 2.87. The molecule has 1 aromatic carbocycles. The molecule has 0 saturated carbocycles. The minimum atomic E-state index is -0.822. The molecule has 1 aromatic rings. The van der Waals surface area contributed by atoms with Gasteiger partial charge in [-0.25, -0.2) is 0 Å². The number of carbonyl (C=O) groups is 1. The monoisotopic (exact) mass is 338 g/mol. The number of ether oxygens (including phenoxy) is 2. The molecule has 2 N–H and O–H groups in total. The van der Waals surface area contributed by atoms with Crippen LogP contribution in [0.5, 0.6) is 5.75 Å². The maximum atomic E-state index is 12.8. The normalized spacial score (nSPS) is 23.4. The molecule has 2 aliphatic rings. The third-order valence-electron chi connectivity index (χ3n) is 4.47. The second kappa shape index (κ2) is 7.51. The van der Waals surface area contributed by atoms with Gasteiger partial charge in [-0.15, -0.1) is 0 Å². The second-order valence-corrected chi connectivity index (χ2v) is 6.58. The van der Waals surface area contributed by atoms with Crippen molar-refractivity contribution in [3.05, 3.63) is 29.3 Å². The van der Waals surface area contributed by atoms with Gasteiger partial charge in [-0.1, -0.05) is 11.6 Å². The van der Waals surface area contributed by atoms with E-state index in [9.17, 15) is 4.79 Å². The number of piperidine rings is 1. The van der Waals surface area contributed by atoms with Crippen LogP contribution in [0.3, 0.4) is 0 Å². The van der Waals surface area contributed by atoms with Gasteiger partial charge in [-0.05, 0) is 50.2 Å². The predicted molar refractivity (Wildman–Crippen MR) is 88.9 cm³/mol. The lowest BCUT2D eigenvalue weighted by Crippen LogP contribution is -2.57. The lowest BCUT2D eigenvalue weighted by Gasteiger charge is -2.36. The lowest BCUT2D eigenvalue weighted by molar-refractivity contribution is -0.139. The quantitative estimate of drug-likeness (QED) is 0.863. The first-order valence-electron chi connectivity index (χ1n) is 8.23. The molecule has 0 radical (unpaired) electrons. The van der Waals surface area contributed by atoms with Crippen LogP contribution in [0.25, 0.3) is 0 Å². The van der Waals surface area contributed by atoms with E-state index in [1.165, 1.54) is 0 Å². The molecule has 0 aromatic heterocycles. The fourth-order valence-corrected chi connectivity index (χ4v) is 3.23. The highest BCUT2D eigenvalue weighted by Gasteiger charge is 2.42. The first-order valence-corrected chi connectivity index (χ1v) is 8.61. The minimum Gasteiger partial charge on any atom is -0.477 e. The third kappa shape index (κ3) is 4.16. The summed E-state index contributed by atoms with van der Waals surface area (Å²) in [7, 11) is 0. The first kappa shape index (κ1) is 16.6. The van der Waals surface area contributed by atoms with Gasteiger partial charge < -0.3 is 20.1 Å². The summed E-state index contributed by atoms with van der Waals surface area (Å²) >= 11 is 5.92. The molecule has 23 heavy (non-hydrogen) atoms. The van der Waals surface area contributed by atoms with Crippen LogP contribution in [0.4, 0.5) is 0 Å². The summed E-state index contributed by atoms with van der Waals surface area (Å²) in [6, 6.07) is 7.16. The van der Waals surface area contributed by atoms with Crippen molar-refractivity contribution in [3.63, 3.8) is 0 Å². The van der Waals surface area contributed by atoms with Gasteiger partial charge in [-0.2, -0.15) is 0 Å². The molecule has 1 amide bonds. The van der Waals surface area contributed by atoms with Crippen LogP contribution in [-0.2, 0) is 9.53 Å². The zero-order valence-corrected chi connectivity index (χ0v) is 13.9. The van der Waals surface area contributed by atoms with Crippen molar-refractivity contribution in [1.29, 1.82) is 0 Å². The van der Waals surface area contributed by atoms with Crippen LogP contribution in [0.15, 0.2) is 24.3 Å². The summed E-state index contributed by atoms with van der Waals surface area (Å²) in [4.78, 5) is 12.8. The molecular formula is C17H23ClN2O3. The van der Waals surface area contributed by atoms with Crippen molar-refractivity contribution in [3.8, 4) is 5.75 Å². The van der Waals surface area contributed by atoms with Gasteiger partial charge in [-0.3, -0.25) is 4.79 Å². The van der Waals surface area contributed by atoms with E-state index in [1.807, 2.05) is 0 Å². The highest BCUT2D eigenvalue weighted by Crippen LogP contribution is 2.28. The van der Waals surface area contributed by atoms with E-state index in [0.29, 0.717) is 30.2 Å². The molecule has 2 saturated heterocycles. The Bertz CT molecular complexity index is 523. The van der Waals surface area contributed by atoms with Crippen molar-refractivity contribution in [2.45, 2.75) is 37.4 Å². The number of hydrogen-bond acceptors (Lipinski definition) is 4. The smallest absolute Gasteiger partial charge is 0.264 e. The zero-order chi connectivity index (χ0) is 16.1. The number of benzene rings is 1. The van der Waals surface area contributed by atoms with Crippen molar-refractivity contribution < 1.29 is 14.3 Å². The van der Waals surface area contributed by atoms with Crippen LogP contribution in [0.2, 0.25) is 5.02 Å². The third-order valence-corrected chi connectivity index (χ3v) is 4.72. The Hall–Kier alpha value is -1.30. The van der Waals surface area contributed by atoms with Crippen LogP contribution in [-0.4, -0.2) is 43.9 Å². The Kier molecular flexibility index (Phi) is 5.41. The van der Waals surface area contributed by atoms with E-state index in [2.05, 4.69) is 10.6 Å². The van der Waals surface area contributed by atoms with Crippen LogP contribution < -0.4 is 15.4 Å². The molecule has 6 heteroatoms. The van der Waals surface area contributed by atoms with E-state index in [-0.39, 0.29) is 12.0 Å². The number of hydrogen-bond donors (Lipinski definition) is 2. The number of halogens is 1. The molecule has 0 bridgehead atoms. The average Bonchev–Trinajstić information content (AvgIpc) is 3.09. The molecule has 126 valence electrons. The summed E-state index contributed by atoms with van der Waals surface area (Å²) in [5.41, 5.74) is -0.822. The van der Waals surface area contributed by atoms with E-state index >= 15 is 0 Å². The molecule has 5 nitrogen and oxygen atoms in total. The molecule has 0 aliphatic carbocycles. The predicted octanol–water partition coefficient (Wildman–Crippen LogP) is 2.14. The van der Waals surface area contributed by atoms with Gasteiger partial charge in [0.1, 0.15) is 5.75 Å². The number of rotatable bonds is 5. The standard InChI is InChI=1S/C17H23ClN2O3/c18-13-3-5-14(6-4-13)23-17(7-9-19-10-8-17)16(21)20-12-15-2-1-11-22-15/h3-6,15,19H,1-2,7-12H2,(H,20,21)/t15-/m1/s1. The van der Waals surface area contributed by atoms with Crippen molar-refractivity contribution in [2.75, 3.05) is 26.2 Å².